The van der Waals surface area contributed by atoms with E-state index in [0.717, 1.165) is 71.5 Å². The second-order valence-electron chi connectivity index (χ2n) is 14.3. The summed E-state index contributed by atoms with van der Waals surface area (Å²) in [5.41, 5.74) is 7.99. The number of hydrogen-bond acceptors (Lipinski definition) is 5. The third-order valence-electron chi connectivity index (χ3n) is 11.1. The van der Waals surface area contributed by atoms with E-state index in [9.17, 15) is 0 Å². The van der Waals surface area contributed by atoms with Crippen LogP contribution < -0.4 is 0 Å². The van der Waals surface area contributed by atoms with E-state index in [1.165, 1.54) is 32.5 Å². The summed E-state index contributed by atoms with van der Waals surface area (Å²) in [5.74, 6) is 1.68. The fourth-order valence-corrected chi connectivity index (χ4v) is 8.47. The van der Waals surface area contributed by atoms with Crippen molar-refractivity contribution in [2.45, 2.75) is 0 Å². The summed E-state index contributed by atoms with van der Waals surface area (Å²) in [6.07, 6.45) is 0. The first-order chi connectivity index (χ1) is 27.7. The summed E-state index contributed by atoms with van der Waals surface area (Å²) < 4.78 is 13.3. The van der Waals surface area contributed by atoms with Gasteiger partial charge in [-0.3, -0.25) is 0 Å². The second kappa shape index (κ2) is 11.9. The highest BCUT2D eigenvalue weighted by Crippen LogP contribution is 2.42. The lowest BCUT2D eigenvalue weighted by Crippen LogP contribution is -2.00. The van der Waals surface area contributed by atoms with Crippen LogP contribution in [0.3, 0.4) is 0 Å². The van der Waals surface area contributed by atoms with Crippen LogP contribution in [0.25, 0.3) is 121 Å². The van der Waals surface area contributed by atoms with Gasteiger partial charge in [0.1, 0.15) is 22.3 Å². The van der Waals surface area contributed by atoms with Gasteiger partial charge < -0.3 is 8.83 Å². The highest BCUT2D eigenvalue weighted by molar-refractivity contribution is 6.17. The predicted molar refractivity (Wildman–Crippen MR) is 229 cm³/mol. The van der Waals surface area contributed by atoms with E-state index in [1.54, 1.807) is 0 Å². The summed E-state index contributed by atoms with van der Waals surface area (Å²) in [6.45, 7) is 0. The van der Waals surface area contributed by atoms with E-state index in [1.807, 2.05) is 54.6 Å². The highest BCUT2D eigenvalue weighted by Gasteiger charge is 2.21. The molecule has 0 aliphatic carbocycles. The fraction of sp³-hybridized carbons (Fsp3) is 0. The molecule has 3 aromatic heterocycles. The molecular formula is C51H29N3O2. The molecule has 0 N–H and O–H groups in total. The van der Waals surface area contributed by atoms with Gasteiger partial charge in [0.15, 0.2) is 17.5 Å². The Hall–Kier alpha value is -7.63. The van der Waals surface area contributed by atoms with Gasteiger partial charge >= 0.3 is 0 Å². The van der Waals surface area contributed by atoms with Crippen molar-refractivity contribution in [2.24, 2.45) is 0 Å². The van der Waals surface area contributed by atoms with Crippen molar-refractivity contribution in [2.75, 3.05) is 0 Å². The minimum absolute atomic E-state index is 0.540. The van der Waals surface area contributed by atoms with Crippen molar-refractivity contribution >= 4 is 76.2 Å². The highest BCUT2D eigenvalue weighted by atomic mass is 16.3. The maximum absolute atomic E-state index is 6.64. The topological polar surface area (TPSA) is 65.0 Å². The number of aromatic nitrogens is 3. The minimum Gasteiger partial charge on any atom is -0.456 e. The second-order valence-corrected chi connectivity index (χ2v) is 14.3. The third kappa shape index (κ3) is 4.71. The van der Waals surface area contributed by atoms with Crippen LogP contribution in [0, 0.1) is 0 Å². The Bertz CT molecular complexity index is 3550. The van der Waals surface area contributed by atoms with E-state index in [4.69, 9.17) is 23.8 Å². The molecule has 56 heavy (non-hydrogen) atoms. The largest absolute Gasteiger partial charge is 0.456 e. The smallest absolute Gasteiger partial charge is 0.167 e. The Morgan fingerprint density at radius 1 is 0.304 bits per heavy atom. The van der Waals surface area contributed by atoms with Crippen molar-refractivity contribution in [1.29, 1.82) is 0 Å². The summed E-state index contributed by atoms with van der Waals surface area (Å²) in [7, 11) is 0. The molecule has 0 bridgehead atoms. The monoisotopic (exact) mass is 715 g/mol. The molecule has 5 heteroatoms. The van der Waals surface area contributed by atoms with Gasteiger partial charge in [-0.25, -0.2) is 15.0 Å². The molecule has 0 saturated carbocycles. The number of hydrogen-bond donors (Lipinski definition) is 0. The number of para-hydroxylation sites is 1. The lowest BCUT2D eigenvalue weighted by atomic mass is 9.93. The van der Waals surface area contributed by atoms with Gasteiger partial charge in [0.2, 0.25) is 0 Å². The molecule has 0 saturated heterocycles. The molecule has 5 nitrogen and oxygen atoms in total. The number of benzene rings is 9. The lowest BCUT2D eigenvalue weighted by Gasteiger charge is -2.11. The first-order valence-corrected chi connectivity index (χ1v) is 18.8. The van der Waals surface area contributed by atoms with Gasteiger partial charge in [-0.1, -0.05) is 133 Å². The Balaban J connectivity index is 1.06. The van der Waals surface area contributed by atoms with Crippen LogP contribution in [0.4, 0.5) is 0 Å². The summed E-state index contributed by atoms with van der Waals surface area (Å²) in [5, 5.41) is 11.2. The van der Waals surface area contributed by atoms with Crippen LogP contribution in [-0.2, 0) is 0 Å². The molecule has 0 amide bonds. The standard InChI is InChI=1S/C51H29N3O2/c1-2-12-30(13-3-1)49-52-50(54-51(53-49)41-22-10-20-38-43-26-31-14-4-5-15-32(31)28-46(43)56-48(38)41)40-21-11-23-44-47(40)39-25-24-34(29-45(39)55-44)42-27-33-16-6-7-17-35(33)36-18-8-9-19-37(36)42/h1-29H. The maximum Gasteiger partial charge on any atom is 0.167 e. The zero-order valence-corrected chi connectivity index (χ0v) is 29.9. The van der Waals surface area contributed by atoms with Gasteiger partial charge in [-0.15, -0.1) is 0 Å². The predicted octanol–water partition coefficient (Wildman–Crippen LogP) is 13.8. The van der Waals surface area contributed by atoms with E-state index in [0.29, 0.717) is 17.5 Å². The summed E-state index contributed by atoms with van der Waals surface area (Å²) in [6, 6.07) is 61.0. The van der Waals surface area contributed by atoms with Gasteiger partial charge in [0.05, 0.1) is 5.56 Å². The van der Waals surface area contributed by atoms with E-state index in [2.05, 4.69) is 121 Å². The molecule has 3 heterocycles. The Labute approximate surface area is 320 Å². The lowest BCUT2D eigenvalue weighted by molar-refractivity contribution is 0.669. The van der Waals surface area contributed by atoms with Crippen molar-refractivity contribution in [3.8, 4) is 45.3 Å². The van der Waals surface area contributed by atoms with Crippen LogP contribution in [-0.4, -0.2) is 15.0 Å². The van der Waals surface area contributed by atoms with Crippen molar-refractivity contribution < 1.29 is 8.83 Å². The Kier molecular flexibility index (Phi) is 6.56. The van der Waals surface area contributed by atoms with E-state index < -0.39 is 0 Å². The number of rotatable bonds is 4. The van der Waals surface area contributed by atoms with E-state index >= 15 is 0 Å². The normalized spacial score (nSPS) is 11.9. The Morgan fingerprint density at radius 2 is 0.946 bits per heavy atom. The fourth-order valence-electron chi connectivity index (χ4n) is 8.47. The molecule has 12 aromatic rings. The van der Waals surface area contributed by atoms with Gasteiger partial charge in [0.25, 0.3) is 0 Å². The zero-order valence-electron chi connectivity index (χ0n) is 29.9. The summed E-state index contributed by atoms with van der Waals surface area (Å²) >= 11 is 0. The first kappa shape index (κ1) is 30.8. The molecule has 0 fully saturated rings. The average Bonchev–Trinajstić information content (AvgIpc) is 3.83. The quantitative estimate of drug-likeness (QED) is 0.170. The average molecular weight is 716 g/mol. The van der Waals surface area contributed by atoms with Gasteiger partial charge in [-0.2, -0.15) is 0 Å². The molecule has 0 unspecified atom stereocenters. The van der Waals surface area contributed by atoms with Crippen molar-refractivity contribution in [1.82, 2.24) is 15.0 Å². The molecule has 9 aromatic carbocycles. The molecule has 260 valence electrons. The SMILES string of the molecule is c1ccc(-c2nc(-c3cccc4c3oc3cc5ccccc5cc34)nc(-c3cccc4oc5cc(-c6cc7ccccc7c7ccccc67)ccc5c34)n2)cc1. The zero-order chi connectivity index (χ0) is 36.7. The van der Waals surface area contributed by atoms with Crippen LogP contribution in [0.1, 0.15) is 0 Å². The number of fused-ring (bicyclic) bond motifs is 10. The van der Waals surface area contributed by atoms with E-state index in [-0.39, 0.29) is 0 Å². The third-order valence-corrected chi connectivity index (χ3v) is 11.1. The van der Waals surface area contributed by atoms with Crippen LogP contribution in [0.2, 0.25) is 0 Å². The van der Waals surface area contributed by atoms with Gasteiger partial charge in [-0.05, 0) is 85.9 Å². The van der Waals surface area contributed by atoms with Crippen molar-refractivity contribution in [3.63, 3.8) is 0 Å². The molecule has 0 spiro atoms. The molecule has 0 aliphatic heterocycles. The van der Waals surface area contributed by atoms with Crippen LogP contribution in [0.5, 0.6) is 0 Å². The Morgan fingerprint density at radius 3 is 1.80 bits per heavy atom. The molecule has 0 atom stereocenters. The number of furan rings is 2. The van der Waals surface area contributed by atoms with Crippen molar-refractivity contribution in [3.05, 3.63) is 176 Å². The maximum atomic E-state index is 6.64. The molecular weight excluding hydrogens is 687 g/mol. The molecule has 0 aliphatic rings. The molecule has 12 rings (SSSR count). The number of nitrogens with zero attached hydrogens (tertiary/aromatic N) is 3. The first-order valence-electron chi connectivity index (χ1n) is 18.8. The van der Waals surface area contributed by atoms with Gasteiger partial charge in [0, 0.05) is 32.7 Å². The summed E-state index contributed by atoms with van der Waals surface area (Å²) in [4.78, 5) is 15.4. The minimum atomic E-state index is 0.540. The van der Waals surface area contributed by atoms with Crippen LogP contribution in [0.15, 0.2) is 185 Å². The molecule has 0 radical (unpaired) electrons. The van der Waals surface area contributed by atoms with Crippen LogP contribution >= 0.6 is 0 Å².